The smallest absolute Gasteiger partial charge is 0.202 e. The summed E-state index contributed by atoms with van der Waals surface area (Å²) in [5, 5.41) is 3.89. The number of para-hydroxylation sites is 1. The van der Waals surface area contributed by atoms with E-state index in [1.807, 2.05) is 13.8 Å². The molecular weight excluding hydrogens is 277 g/mol. The predicted molar refractivity (Wildman–Crippen MR) is 77.4 cm³/mol. The summed E-state index contributed by atoms with van der Waals surface area (Å²) in [5.74, 6) is 1.49. The van der Waals surface area contributed by atoms with Crippen molar-refractivity contribution < 1.29 is 4.39 Å². The van der Waals surface area contributed by atoms with Gasteiger partial charge in [0, 0.05) is 17.5 Å². The van der Waals surface area contributed by atoms with Gasteiger partial charge in [-0.1, -0.05) is 19.9 Å². The number of fused-ring (bicyclic) bond motifs is 1. The summed E-state index contributed by atoms with van der Waals surface area (Å²) in [6, 6.07) is 4.86. The Balaban J connectivity index is 1.74. The van der Waals surface area contributed by atoms with Crippen molar-refractivity contribution in [3.05, 3.63) is 35.7 Å². The van der Waals surface area contributed by atoms with Crippen molar-refractivity contribution in [3.8, 4) is 0 Å². The number of halogens is 1. The van der Waals surface area contributed by atoms with Crippen molar-refractivity contribution in [2.24, 2.45) is 0 Å². The minimum atomic E-state index is -0.317. The average molecular weight is 291 g/mol. The monoisotopic (exact) mass is 291 g/mol. The summed E-state index contributed by atoms with van der Waals surface area (Å²) in [5.41, 5.74) is 1.06. The Labute approximate surface area is 119 Å². The topological polar surface area (TPSA) is 66.5 Å². The van der Waals surface area contributed by atoms with Gasteiger partial charge in [0.2, 0.25) is 5.13 Å². The van der Waals surface area contributed by atoms with Crippen LogP contribution in [-0.2, 0) is 6.54 Å². The predicted octanol–water partition coefficient (Wildman–Crippen LogP) is 3.29. The van der Waals surface area contributed by atoms with Gasteiger partial charge in [-0.15, -0.1) is 0 Å². The number of anilines is 1. The Morgan fingerprint density at radius 3 is 2.90 bits per heavy atom. The van der Waals surface area contributed by atoms with Crippen molar-refractivity contribution in [2.45, 2.75) is 26.3 Å². The summed E-state index contributed by atoms with van der Waals surface area (Å²) >= 11 is 1.32. The van der Waals surface area contributed by atoms with E-state index in [-0.39, 0.29) is 5.82 Å². The summed E-state index contributed by atoms with van der Waals surface area (Å²) in [6.45, 7) is 4.56. The molecule has 0 spiro atoms. The molecule has 3 aromatic rings. The van der Waals surface area contributed by atoms with Crippen molar-refractivity contribution in [1.29, 1.82) is 0 Å². The second kappa shape index (κ2) is 5.16. The lowest BCUT2D eigenvalue weighted by molar-refractivity contribution is 0.637. The number of nitrogens with zero attached hydrogens (tertiary/aromatic N) is 3. The fourth-order valence-corrected chi connectivity index (χ4v) is 2.54. The van der Waals surface area contributed by atoms with Gasteiger partial charge in [0.05, 0.1) is 12.1 Å². The van der Waals surface area contributed by atoms with E-state index in [1.165, 1.54) is 17.6 Å². The van der Waals surface area contributed by atoms with E-state index < -0.39 is 0 Å². The lowest BCUT2D eigenvalue weighted by Gasteiger charge is -1.98. The van der Waals surface area contributed by atoms with Gasteiger partial charge in [-0.3, -0.25) is 0 Å². The first kappa shape index (κ1) is 13.0. The zero-order valence-corrected chi connectivity index (χ0v) is 12.0. The van der Waals surface area contributed by atoms with Crippen LogP contribution in [0.3, 0.4) is 0 Å². The van der Waals surface area contributed by atoms with Crippen molar-refractivity contribution in [2.75, 3.05) is 5.32 Å². The number of rotatable bonds is 4. The molecule has 0 aliphatic rings. The first-order valence-electron chi connectivity index (χ1n) is 6.34. The third-order valence-electron chi connectivity index (χ3n) is 2.88. The second-order valence-corrected chi connectivity index (χ2v) is 5.54. The van der Waals surface area contributed by atoms with Crippen LogP contribution in [0.2, 0.25) is 0 Å². The molecule has 1 aromatic carbocycles. The van der Waals surface area contributed by atoms with E-state index >= 15 is 0 Å². The van der Waals surface area contributed by atoms with Crippen LogP contribution in [-0.4, -0.2) is 19.3 Å². The Hall–Kier alpha value is -2.02. The molecule has 0 radical (unpaired) electrons. The van der Waals surface area contributed by atoms with Crippen LogP contribution >= 0.6 is 11.5 Å². The number of aromatic amines is 1. The zero-order valence-electron chi connectivity index (χ0n) is 11.1. The maximum atomic E-state index is 13.5. The molecule has 5 nitrogen and oxygen atoms in total. The lowest BCUT2D eigenvalue weighted by Crippen LogP contribution is -2.01. The Kier molecular flexibility index (Phi) is 3.35. The highest BCUT2D eigenvalue weighted by molar-refractivity contribution is 7.09. The second-order valence-electron chi connectivity index (χ2n) is 4.79. The molecular formula is C13H14FN5S. The normalized spacial score (nSPS) is 11.4. The van der Waals surface area contributed by atoms with Crippen LogP contribution in [0, 0.1) is 5.82 Å². The maximum Gasteiger partial charge on any atom is 0.202 e. The van der Waals surface area contributed by atoms with Gasteiger partial charge in [0.1, 0.15) is 17.2 Å². The Morgan fingerprint density at radius 2 is 2.20 bits per heavy atom. The van der Waals surface area contributed by atoms with Gasteiger partial charge < -0.3 is 10.3 Å². The molecule has 0 fully saturated rings. The number of imidazole rings is 1. The van der Waals surface area contributed by atoms with Crippen LogP contribution in [0.5, 0.6) is 0 Å². The summed E-state index contributed by atoms with van der Waals surface area (Å²) in [6.07, 6.45) is 0. The molecule has 2 N–H and O–H groups in total. The number of hydrogen-bond donors (Lipinski definition) is 2. The van der Waals surface area contributed by atoms with Crippen LogP contribution in [0.25, 0.3) is 11.0 Å². The molecule has 0 aliphatic heterocycles. The zero-order chi connectivity index (χ0) is 14.1. The van der Waals surface area contributed by atoms with Crippen LogP contribution in [0.15, 0.2) is 18.2 Å². The number of H-pyrrole nitrogens is 1. The van der Waals surface area contributed by atoms with E-state index in [0.717, 1.165) is 11.0 Å². The molecule has 0 atom stereocenters. The molecule has 0 aliphatic carbocycles. The fourth-order valence-electron chi connectivity index (χ4n) is 1.83. The fraction of sp³-hybridized carbons (Fsp3) is 0.308. The van der Waals surface area contributed by atoms with Gasteiger partial charge in [0.25, 0.3) is 0 Å². The minimum absolute atomic E-state index is 0.307. The van der Waals surface area contributed by atoms with Crippen LogP contribution in [0.4, 0.5) is 9.52 Å². The maximum absolute atomic E-state index is 13.5. The van der Waals surface area contributed by atoms with Crippen molar-refractivity contribution in [3.63, 3.8) is 0 Å². The molecule has 3 rings (SSSR count). The highest BCUT2D eigenvalue weighted by Crippen LogP contribution is 2.19. The molecule has 2 heterocycles. The van der Waals surface area contributed by atoms with Crippen LogP contribution in [0.1, 0.15) is 31.4 Å². The Morgan fingerprint density at radius 1 is 1.35 bits per heavy atom. The third kappa shape index (κ3) is 2.49. The van der Waals surface area contributed by atoms with E-state index in [0.29, 0.717) is 29.3 Å². The Bertz CT molecular complexity index is 733. The molecule has 0 unspecified atom stereocenters. The molecule has 0 amide bonds. The van der Waals surface area contributed by atoms with E-state index in [9.17, 15) is 4.39 Å². The van der Waals surface area contributed by atoms with E-state index in [4.69, 9.17) is 0 Å². The highest BCUT2D eigenvalue weighted by atomic mass is 32.1. The van der Waals surface area contributed by atoms with Gasteiger partial charge >= 0.3 is 0 Å². The standard InChI is InChI=1S/C13H14FN5S/c1-7(2)12-18-13(20-19-12)15-6-10-16-9-5-3-4-8(14)11(9)17-10/h3-5,7H,6H2,1-2H3,(H,16,17)(H,15,18,19). The third-order valence-corrected chi connectivity index (χ3v) is 3.56. The minimum Gasteiger partial charge on any atom is -0.353 e. The number of aromatic nitrogens is 4. The van der Waals surface area contributed by atoms with Gasteiger partial charge in [-0.25, -0.2) is 14.4 Å². The average Bonchev–Trinajstić information content (AvgIpc) is 3.03. The quantitative estimate of drug-likeness (QED) is 0.774. The summed E-state index contributed by atoms with van der Waals surface area (Å²) in [4.78, 5) is 11.7. The first-order valence-corrected chi connectivity index (χ1v) is 7.11. The number of nitrogens with one attached hydrogen (secondary N) is 2. The molecule has 2 aromatic heterocycles. The first-order chi connectivity index (χ1) is 9.63. The molecule has 20 heavy (non-hydrogen) atoms. The summed E-state index contributed by atoms with van der Waals surface area (Å²) in [7, 11) is 0. The lowest BCUT2D eigenvalue weighted by atomic mass is 10.2. The largest absolute Gasteiger partial charge is 0.353 e. The number of hydrogen-bond acceptors (Lipinski definition) is 5. The van der Waals surface area contributed by atoms with Crippen molar-refractivity contribution in [1.82, 2.24) is 19.3 Å². The molecule has 0 saturated heterocycles. The van der Waals surface area contributed by atoms with E-state index in [2.05, 4.69) is 24.6 Å². The van der Waals surface area contributed by atoms with Crippen LogP contribution < -0.4 is 5.32 Å². The van der Waals surface area contributed by atoms with Crippen molar-refractivity contribution >= 4 is 27.7 Å². The SMILES string of the molecule is CC(C)c1nsc(NCc2nc3c(F)cccc3[nH]2)n1. The van der Waals surface area contributed by atoms with E-state index in [1.54, 1.807) is 12.1 Å². The van der Waals surface area contributed by atoms with Gasteiger partial charge in [-0.2, -0.15) is 4.37 Å². The summed E-state index contributed by atoms with van der Waals surface area (Å²) < 4.78 is 17.8. The molecule has 0 bridgehead atoms. The molecule has 0 saturated carbocycles. The van der Waals surface area contributed by atoms with Gasteiger partial charge in [0.15, 0.2) is 5.82 Å². The number of benzene rings is 1. The molecule has 104 valence electrons. The van der Waals surface area contributed by atoms with Gasteiger partial charge in [-0.05, 0) is 12.1 Å². The molecule has 7 heteroatoms. The highest BCUT2D eigenvalue weighted by Gasteiger charge is 2.09.